The number of piperidine rings is 1. The number of carbonyl (C=O) groups is 1. The van der Waals surface area contributed by atoms with E-state index < -0.39 is 10.0 Å². The number of aromatic nitrogens is 1. The second-order valence-electron chi connectivity index (χ2n) is 11.0. The summed E-state index contributed by atoms with van der Waals surface area (Å²) in [5.74, 6) is 0.367. The van der Waals surface area contributed by atoms with Crippen molar-refractivity contribution >= 4 is 27.3 Å². The fourth-order valence-corrected chi connectivity index (χ4v) is 6.72. The van der Waals surface area contributed by atoms with Gasteiger partial charge in [-0.3, -0.25) is 4.79 Å². The molecule has 1 aromatic heterocycles. The third-order valence-corrected chi connectivity index (χ3v) is 9.21. The highest BCUT2D eigenvalue weighted by Gasteiger charge is 2.28. The zero-order valence-corrected chi connectivity index (χ0v) is 24.4. The Balaban J connectivity index is 1.24. The first-order chi connectivity index (χ1) is 19.7. The molecule has 0 bridgehead atoms. The number of hydrogen-bond acceptors (Lipinski definition) is 7. The van der Waals surface area contributed by atoms with Crippen LogP contribution in [0.4, 0.5) is 11.4 Å². The summed E-state index contributed by atoms with van der Waals surface area (Å²) < 4.78 is 24.1. The van der Waals surface area contributed by atoms with Gasteiger partial charge in [-0.05, 0) is 74.4 Å². The van der Waals surface area contributed by atoms with Gasteiger partial charge in [0.15, 0.2) is 0 Å². The molecule has 0 atom stereocenters. The molecular formula is C31H36N6O3S. The van der Waals surface area contributed by atoms with E-state index in [1.807, 2.05) is 36.1 Å². The number of primary sulfonamides is 1. The maximum atomic E-state index is 13.6. The predicted molar refractivity (Wildman–Crippen MR) is 159 cm³/mol. The number of nitrogens with two attached hydrogens (primary N) is 1. The smallest absolute Gasteiger partial charge is 0.272 e. The van der Waals surface area contributed by atoms with E-state index in [4.69, 9.17) is 10.1 Å². The molecule has 2 aliphatic heterocycles. The Morgan fingerprint density at radius 3 is 2.20 bits per heavy atom. The van der Waals surface area contributed by atoms with E-state index in [9.17, 15) is 18.5 Å². The lowest BCUT2D eigenvalue weighted by Gasteiger charge is -2.37. The average molecular weight is 573 g/mol. The van der Waals surface area contributed by atoms with E-state index in [1.54, 1.807) is 23.1 Å². The number of rotatable bonds is 6. The normalized spacial score (nSPS) is 16.5. The van der Waals surface area contributed by atoms with Crippen molar-refractivity contribution in [3.8, 4) is 6.07 Å². The molecular weight excluding hydrogens is 536 g/mol. The van der Waals surface area contributed by atoms with Gasteiger partial charge in [0.05, 0.1) is 16.9 Å². The van der Waals surface area contributed by atoms with Gasteiger partial charge in [0, 0.05) is 45.0 Å². The highest BCUT2D eigenvalue weighted by Crippen LogP contribution is 2.29. The second kappa shape index (κ2) is 11.9. The minimum absolute atomic E-state index is 0.0916. The van der Waals surface area contributed by atoms with Crippen LogP contribution in [0.5, 0.6) is 0 Å². The van der Waals surface area contributed by atoms with Crippen molar-refractivity contribution in [3.63, 3.8) is 0 Å². The fraction of sp³-hybridized carbons (Fsp3) is 0.387. The summed E-state index contributed by atoms with van der Waals surface area (Å²) in [5.41, 5.74) is 5.69. The molecule has 41 heavy (non-hydrogen) atoms. The lowest BCUT2D eigenvalue weighted by molar-refractivity contribution is 0.0739. The maximum absolute atomic E-state index is 13.6. The second-order valence-corrected chi connectivity index (χ2v) is 12.5. The van der Waals surface area contributed by atoms with Crippen LogP contribution in [0.1, 0.15) is 45.7 Å². The number of anilines is 2. The van der Waals surface area contributed by atoms with E-state index in [0.29, 0.717) is 49.0 Å². The van der Waals surface area contributed by atoms with Crippen molar-refractivity contribution in [1.29, 1.82) is 5.26 Å². The van der Waals surface area contributed by atoms with Crippen molar-refractivity contribution in [3.05, 3.63) is 82.7 Å². The van der Waals surface area contributed by atoms with E-state index in [0.717, 1.165) is 54.9 Å². The number of hydrogen-bond donors (Lipinski definition) is 1. The van der Waals surface area contributed by atoms with Crippen LogP contribution in [-0.2, 0) is 16.4 Å². The van der Waals surface area contributed by atoms with Gasteiger partial charge in [0.25, 0.3) is 5.91 Å². The zero-order valence-electron chi connectivity index (χ0n) is 23.6. The van der Waals surface area contributed by atoms with Crippen molar-refractivity contribution in [2.24, 2.45) is 11.1 Å². The van der Waals surface area contributed by atoms with E-state index in [2.05, 4.69) is 24.0 Å². The number of pyridine rings is 1. The van der Waals surface area contributed by atoms with Gasteiger partial charge >= 0.3 is 0 Å². The molecule has 9 nitrogen and oxygen atoms in total. The number of piperazine rings is 1. The molecule has 2 aromatic carbocycles. The van der Waals surface area contributed by atoms with Gasteiger partial charge in [-0.1, -0.05) is 30.3 Å². The van der Waals surface area contributed by atoms with Gasteiger partial charge < -0.3 is 14.7 Å². The molecule has 0 unspecified atom stereocenters. The molecule has 0 aliphatic carbocycles. The number of aryl methyl sites for hydroxylation is 2. The number of para-hydroxylation sites is 2. The molecule has 3 aromatic rings. The van der Waals surface area contributed by atoms with Gasteiger partial charge in [-0.25, -0.2) is 18.5 Å². The number of sulfonamides is 1. The molecule has 3 heterocycles. The lowest BCUT2D eigenvalue weighted by Crippen LogP contribution is -2.49. The van der Waals surface area contributed by atoms with Crippen molar-refractivity contribution in [1.82, 2.24) is 9.88 Å². The minimum Gasteiger partial charge on any atom is -0.370 e. The number of benzene rings is 2. The Bertz CT molecular complexity index is 1580. The first-order valence-electron chi connectivity index (χ1n) is 14.0. The van der Waals surface area contributed by atoms with Gasteiger partial charge in [-0.2, -0.15) is 5.26 Å². The Morgan fingerprint density at radius 2 is 1.54 bits per heavy atom. The van der Waals surface area contributed by atoms with Crippen LogP contribution in [0.3, 0.4) is 0 Å². The Morgan fingerprint density at radius 1 is 0.927 bits per heavy atom. The molecule has 5 rings (SSSR count). The molecule has 214 valence electrons. The van der Waals surface area contributed by atoms with E-state index in [-0.39, 0.29) is 10.8 Å². The summed E-state index contributed by atoms with van der Waals surface area (Å²) in [6.07, 6.45) is 2.82. The molecule has 10 heteroatoms. The monoisotopic (exact) mass is 572 g/mol. The topological polar surface area (TPSA) is 124 Å². The predicted octanol–water partition coefficient (Wildman–Crippen LogP) is 3.64. The van der Waals surface area contributed by atoms with Gasteiger partial charge in [0.1, 0.15) is 16.7 Å². The molecule has 2 aliphatic rings. The van der Waals surface area contributed by atoms with Gasteiger partial charge in [0.2, 0.25) is 10.0 Å². The number of amides is 1. The molecule has 0 spiro atoms. The Hall–Kier alpha value is -3.94. The van der Waals surface area contributed by atoms with Crippen molar-refractivity contribution in [2.75, 3.05) is 49.1 Å². The summed E-state index contributed by atoms with van der Waals surface area (Å²) in [6.45, 7) is 7.70. The van der Waals surface area contributed by atoms with Crippen LogP contribution in [0.15, 0.2) is 59.5 Å². The van der Waals surface area contributed by atoms with Crippen LogP contribution in [-0.4, -0.2) is 63.5 Å². The largest absolute Gasteiger partial charge is 0.370 e. The van der Waals surface area contributed by atoms with Crippen molar-refractivity contribution in [2.45, 2.75) is 38.0 Å². The quantitative estimate of drug-likeness (QED) is 0.478. The summed E-state index contributed by atoms with van der Waals surface area (Å²) in [5, 5.41) is 14.9. The highest BCUT2D eigenvalue weighted by atomic mass is 32.2. The SMILES string of the molecule is Cc1cc(C)c(C(=O)N2CCN(c3ccccc3S(N)(=O)=O)CC2)nc1CC1CCN(c2ccccc2C#N)CC1. The first-order valence-corrected chi connectivity index (χ1v) is 15.6. The number of nitrogens with zero attached hydrogens (tertiary/aromatic N) is 5. The minimum atomic E-state index is -3.85. The van der Waals surface area contributed by atoms with Crippen molar-refractivity contribution < 1.29 is 13.2 Å². The molecule has 2 fully saturated rings. The van der Waals surface area contributed by atoms with Crippen LogP contribution in [0, 0.1) is 31.1 Å². The van der Waals surface area contributed by atoms with Crippen LogP contribution < -0.4 is 14.9 Å². The molecule has 0 radical (unpaired) electrons. The van der Waals surface area contributed by atoms with Gasteiger partial charge in [-0.15, -0.1) is 0 Å². The molecule has 2 saturated heterocycles. The van der Waals surface area contributed by atoms with E-state index >= 15 is 0 Å². The average Bonchev–Trinajstić information content (AvgIpc) is 2.98. The lowest BCUT2D eigenvalue weighted by atomic mass is 9.90. The van der Waals surface area contributed by atoms with Crippen LogP contribution >= 0.6 is 0 Å². The number of carbonyl (C=O) groups excluding carboxylic acids is 1. The van der Waals surface area contributed by atoms with Crippen LogP contribution in [0.25, 0.3) is 0 Å². The standard InChI is InChI=1S/C31H36N6O3S/c1-22-19-23(2)30(31(38)37-17-15-36(16-18-37)28-9-5-6-10-29(28)41(33,39)40)34-26(22)20-24-11-13-35(14-12-24)27-8-4-3-7-25(27)21-32/h3-10,19,24H,11-18,20H2,1-2H3,(H2,33,39,40). The summed E-state index contributed by atoms with van der Waals surface area (Å²) >= 11 is 0. The van der Waals surface area contributed by atoms with E-state index in [1.165, 1.54) is 6.07 Å². The Labute approximate surface area is 242 Å². The fourth-order valence-electron chi connectivity index (χ4n) is 5.97. The Kier molecular flexibility index (Phi) is 8.29. The van der Waals surface area contributed by atoms with Crippen LogP contribution in [0.2, 0.25) is 0 Å². The highest BCUT2D eigenvalue weighted by molar-refractivity contribution is 7.89. The zero-order chi connectivity index (χ0) is 29.1. The maximum Gasteiger partial charge on any atom is 0.272 e. The molecule has 1 amide bonds. The summed E-state index contributed by atoms with van der Waals surface area (Å²) in [6, 6.07) is 18.8. The summed E-state index contributed by atoms with van der Waals surface area (Å²) in [4.78, 5) is 24.7. The first kappa shape index (κ1) is 28.6. The molecule has 0 saturated carbocycles. The summed E-state index contributed by atoms with van der Waals surface area (Å²) in [7, 11) is -3.85. The number of nitriles is 1. The molecule has 2 N–H and O–H groups in total. The third kappa shape index (κ3) is 6.21. The third-order valence-electron chi connectivity index (χ3n) is 8.25.